The van der Waals surface area contributed by atoms with E-state index in [4.69, 9.17) is 4.98 Å². The van der Waals surface area contributed by atoms with Crippen molar-refractivity contribution in [3.05, 3.63) is 64.0 Å². The summed E-state index contributed by atoms with van der Waals surface area (Å²) in [5.41, 5.74) is 8.74. The molecule has 0 unspecified atom stereocenters. The normalized spacial score (nSPS) is 11.9. The number of allylic oxidation sites excluding steroid dienone is 4. The minimum absolute atomic E-state index is 0.222. The van der Waals surface area contributed by atoms with Crippen LogP contribution in [0.15, 0.2) is 24.3 Å². The van der Waals surface area contributed by atoms with Crippen LogP contribution in [0.25, 0.3) is 16.7 Å². The highest BCUT2D eigenvalue weighted by atomic mass is 19.1. The summed E-state index contributed by atoms with van der Waals surface area (Å²) in [6, 6.07) is 4.89. The van der Waals surface area contributed by atoms with E-state index in [1.165, 1.54) is 18.9 Å². The van der Waals surface area contributed by atoms with Gasteiger partial charge in [0.2, 0.25) is 0 Å². The summed E-state index contributed by atoms with van der Waals surface area (Å²) in [7, 11) is 0. The summed E-state index contributed by atoms with van der Waals surface area (Å²) >= 11 is 0. The van der Waals surface area contributed by atoms with E-state index in [0.29, 0.717) is 0 Å². The van der Waals surface area contributed by atoms with Gasteiger partial charge in [-0.25, -0.2) is 9.37 Å². The first kappa shape index (κ1) is 29.7. The monoisotopic (exact) mass is 440 g/mol. The molecule has 0 radical (unpaired) electrons. The van der Waals surface area contributed by atoms with E-state index in [9.17, 15) is 4.39 Å². The maximum atomic E-state index is 13.7. The zero-order valence-electron chi connectivity index (χ0n) is 22.6. The number of halogens is 1. The molecule has 2 nitrogen and oxygen atoms in total. The zero-order chi connectivity index (χ0) is 25.0. The molecule has 0 saturated heterocycles. The largest absolute Gasteiger partial charge is 0.254 e. The number of nitrogens with zero attached hydrogens (tertiary/aromatic N) is 2. The summed E-state index contributed by atoms with van der Waals surface area (Å²) < 4.78 is 13.7. The van der Waals surface area contributed by atoms with E-state index in [2.05, 4.69) is 25.8 Å². The van der Waals surface area contributed by atoms with Crippen molar-refractivity contribution in [3.63, 3.8) is 0 Å². The van der Waals surface area contributed by atoms with Crippen LogP contribution in [0.1, 0.15) is 109 Å². The lowest BCUT2D eigenvalue weighted by molar-refractivity contribution is 0.544. The fraction of sp³-hybridized carbons (Fsp3) is 0.517. The van der Waals surface area contributed by atoms with Crippen molar-refractivity contribution in [1.82, 2.24) is 9.97 Å². The molecule has 0 aliphatic heterocycles. The number of hydrogen-bond acceptors (Lipinski definition) is 2. The molecule has 0 N–H and O–H groups in total. The van der Waals surface area contributed by atoms with Gasteiger partial charge in [-0.05, 0) is 94.4 Å². The Morgan fingerprint density at radius 3 is 1.91 bits per heavy atom. The van der Waals surface area contributed by atoms with Gasteiger partial charge in [0.15, 0.2) is 0 Å². The van der Waals surface area contributed by atoms with Crippen LogP contribution in [-0.4, -0.2) is 9.97 Å². The Balaban J connectivity index is 0.00000104. The van der Waals surface area contributed by atoms with E-state index < -0.39 is 0 Å². The molecule has 0 atom stereocenters. The van der Waals surface area contributed by atoms with Gasteiger partial charge in [-0.3, -0.25) is 4.98 Å². The van der Waals surface area contributed by atoms with Crippen LogP contribution in [0.3, 0.4) is 0 Å². The van der Waals surface area contributed by atoms with Crippen molar-refractivity contribution in [2.75, 3.05) is 0 Å². The third-order valence-electron chi connectivity index (χ3n) is 5.97. The average Bonchev–Trinajstić information content (AvgIpc) is 2.80. The second-order valence-corrected chi connectivity index (χ2v) is 8.19. The fourth-order valence-electron chi connectivity index (χ4n) is 3.16. The molecule has 178 valence electrons. The van der Waals surface area contributed by atoms with Gasteiger partial charge in [-0.15, -0.1) is 0 Å². The standard InChI is InChI=1S/C21H25FN2.C6H14.C2H6/c1-8-12(2)20-16(6)23-17(7)21(24-20)15(5)14(4)19-11-18(22)10-9-13(19)3;1-4-6(3)5-2;1-2/h8-11H,1-7H3;6H,4-5H2,1-3H3;1-2H3/b12-8-,15-14+;;. The van der Waals surface area contributed by atoms with Crippen LogP contribution in [0, 0.1) is 32.5 Å². The first-order valence-electron chi connectivity index (χ1n) is 12.0. The Morgan fingerprint density at radius 2 is 1.44 bits per heavy atom. The van der Waals surface area contributed by atoms with Gasteiger partial charge in [-0.1, -0.05) is 59.6 Å². The SMILES string of the molecule is C/C=C(/C)c1nc(/C(C)=C(\C)c2cc(F)ccc2C)c(C)nc1C.CC.CCC(C)CC. The van der Waals surface area contributed by atoms with Gasteiger partial charge in [0.05, 0.1) is 22.8 Å². The van der Waals surface area contributed by atoms with Crippen molar-refractivity contribution in [2.24, 2.45) is 5.92 Å². The van der Waals surface area contributed by atoms with Gasteiger partial charge in [0.25, 0.3) is 0 Å². The highest BCUT2D eigenvalue weighted by Crippen LogP contribution is 2.29. The Kier molecular flexibility index (Phi) is 13.7. The Hall–Kier alpha value is -2.29. The summed E-state index contributed by atoms with van der Waals surface area (Å²) in [6.45, 7) is 24.8. The van der Waals surface area contributed by atoms with Gasteiger partial charge in [-0.2, -0.15) is 0 Å². The summed E-state index contributed by atoms with van der Waals surface area (Å²) in [5, 5.41) is 0. The van der Waals surface area contributed by atoms with E-state index in [1.807, 2.05) is 74.5 Å². The lowest BCUT2D eigenvalue weighted by Gasteiger charge is -2.15. The minimum atomic E-state index is -0.222. The van der Waals surface area contributed by atoms with E-state index in [0.717, 1.165) is 56.5 Å². The minimum Gasteiger partial charge on any atom is -0.254 e. The maximum absolute atomic E-state index is 13.7. The van der Waals surface area contributed by atoms with E-state index >= 15 is 0 Å². The number of aryl methyl sites for hydroxylation is 3. The zero-order valence-corrected chi connectivity index (χ0v) is 22.6. The molecular formula is C29H45FN2. The van der Waals surface area contributed by atoms with E-state index in [1.54, 1.807) is 6.07 Å². The van der Waals surface area contributed by atoms with Gasteiger partial charge >= 0.3 is 0 Å². The van der Waals surface area contributed by atoms with Gasteiger partial charge < -0.3 is 0 Å². The topological polar surface area (TPSA) is 25.8 Å². The van der Waals surface area contributed by atoms with Crippen LogP contribution in [0.4, 0.5) is 4.39 Å². The molecule has 0 amide bonds. The second-order valence-electron chi connectivity index (χ2n) is 8.19. The molecule has 0 aliphatic rings. The molecule has 2 rings (SSSR count). The Labute approximate surface area is 197 Å². The number of hydrogen-bond donors (Lipinski definition) is 0. The first-order chi connectivity index (χ1) is 15.1. The first-order valence-corrected chi connectivity index (χ1v) is 12.0. The van der Waals surface area contributed by atoms with Gasteiger partial charge in [0, 0.05) is 0 Å². The van der Waals surface area contributed by atoms with Crippen molar-refractivity contribution >= 4 is 16.7 Å². The number of rotatable bonds is 5. The predicted molar refractivity (Wildman–Crippen MR) is 141 cm³/mol. The molecule has 0 saturated carbocycles. The third kappa shape index (κ3) is 8.33. The molecule has 32 heavy (non-hydrogen) atoms. The van der Waals surface area contributed by atoms with Crippen LogP contribution < -0.4 is 0 Å². The van der Waals surface area contributed by atoms with E-state index in [-0.39, 0.29) is 5.82 Å². The van der Waals surface area contributed by atoms with Crippen molar-refractivity contribution in [2.45, 2.75) is 95.9 Å². The van der Waals surface area contributed by atoms with Crippen molar-refractivity contribution < 1.29 is 4.39 Å². The smallest absolute Gasteiger partial charge is 0.123 e. The lowest BCUT2D eigenvalue weighted by atomic mass is 9.95. The molecule has 0 spiro atoms. The van der Waals surface area contributed by atoms with Crippen molar-refractivity contribution in [3.8, 4) is 0 Å². The molecular weight excluding hydrogens is 395 g/mol. The second kappa shape index (κ2) is 14.7. The molecule has 1 heterocycles. The average molecular weight is 441 g/mol. The van der Waals surface area contributed by atoms with Crippen LogP contribution in [0.5, 0.6) is 0 Å². The molecule has 1 aromatic heterocycles. The molecule has 1 aromatic carbocycles. The van der Waals surface area contributed by atoms with Crippen molar-refractivity contribution in [1.29, 1.82) is 0 Å². The maximum Gasteiger partial charge on any atom is 0.123 e. The Bertz CT molecular complexity index is 919. The highest BCUT2D eigenvalue weighted by molar-refractivity contribution is 5.89. The molecule has 2 aromatic rings. The highest BCUT2D eigenvalue weighted by Gasteiger charge is 2.14. The number of aromatic nitrogens is 2. The quantitative estimate of drug-likeness (QED) is 0.463. The van der Waals surface area contributed by atoms with Crippen LogP contribution >= 0.6 is 0 Å². The summed E-state index contributed by atoms with van der Waals surface area (Å²) in [5.74, 6) is 0.713. The molecule has 3 heteroatoms. The third-order valence-corrected chi connectivity index (χ3v) is 5.97. The molecule has 0 aliphatic carbocycles. The van der Waals surface area contributed by atoms with Crippen LogP contribution in [0.2, 0.25) is 0 Å². The molecule has 0 fully saturated rings. The Morgan fingerprint density at radius 1 is 0.906 bits per heavy atom. The van der Waals surface area contributed by atoms with Crippen LogP contribution in [-0.2, 0) is 0 Å². The number of benzene rings is 1. The summed E-state index contributed by atoms with van der Waals surface area (Å²) in [4.78, 5) is 9.53. The fourth-order valence-corrected chi connectivity index (χ4v) is 3.16. The van der Waals surface area contributed by atoms with Gasteiger partial charge in [0.1, 0.15) is 5.82 Å². The molecule has 0 bridgehead atoms. The lowest BCUT2D eigenvalue weighted by Crippen LogP contribution is -2.04. The summed E-state index contributed by atoms with van der Waals surface area (Å²) in [6.07, 6.45) is 4.70. The predicted octanol–water partition coefficient (Wildman–Crippen LogP) is 9.38.